The minimum Gasteiger partial charge on any atom is -0.398 e. The van der Waals surface area contributed by atoms with E-state index in [4.69, 9.17) is 10.5 Å². The average Bonchev–Trinajstić information content (AvgIpc) is 2.50. The van der Waals surface area contributed by atoms with E-state index >= 15 is 0 Å². The molecule has 2 rings (SSSR count). The van der Waals surface area contributed by atoms with Crippen LogP contribution in [0.2, 0.25) is 0 Å². The summed E-state index contributed by atoms with van der Waals surface area (Å²) in [6.07, 6.45) is 0. The molecule has 2 N–H and O–H groups in total. The van der Waals surface area contributed by atoms with E-state index in [2.05, 4.69) is 15.9 Å². The minimum absolute atomic E-state index is 0.0440. The van der Waals surface area contributed by atoms with Crippen molar-refractivity contribution < 1.29 is 14.3 Å². The van der Waals surface area contributed by atoms with Gasteiger partial charge in [0, 0.05) is 49.0 Å². The molecule has 1 aliphatic rings. The lowest BCUT2D eigenvalue weighted by atomic mass is 10.1. The van der Waals surface area contributed by atoms with Gasteiger partial charge in [-0.1, -0.05) is 0 Å². The molecule has 0 saturated carbocycles. The normalized spacial score (nSPS) is 15.1. The highest BCUT2D eigenvalue weighted by Crippen LogP contribution is 2.21. The Morgan fingerprint density at radius 2 is 1.86 bits per heavy atom. The molecule has 0 aromatic heterocycles. The summed E-state index contributed by atoms with van der Waals surface area (Å²) >= 11 is 3.31. The summed E-state index contributed by atoms with van der Waals surface area (Å²) in [6, 6.07) is 5.17. The third-order valence-electron chi connectivity index (χ3n) is 3.43. The van der Waals surface area contributed by atoms with Gasteiger partial charge < -0.3 is 20.3 Å². The highest BCUT2D eigenvalue weighted by Gasteiger charge is 2.24. The molecule has 7 heteroatoms. The first-order valence-electron chi connectivity index (χ1n) is 6.64. The molecule has 0 unspecified atom stereocenters. The van der Waals surface area contributed by atoms with Crippen molar-refractivity contribution in [2.45, 2.75) is 0 Å². The molecule has 1 fully saturated rings. The van der Waals surface area contributed by atoms with E-state index in [1.54, 1.807) is 28.0 Å². The Bertz CT molecular complexity index is 542. The van der Waals surface area contributed by atoms with Crippen molar-refractivity contribution in [1.29, 1.82) is 0 Å². The number of benzene rings is 1. The lowest BCUT2D eigenvalue weighted by molar-refractivity contribution is -0.136. The standard InChI is InChI=1S/C14H18BrN3O3/c1-21-9-13(19)17-4-6-18(7-5-17)14(20)10-2-3-11(15)12(16)8-10/h2-3,8H,4-7,9,16H2,1H3. The zero-order chi connectivity index (χ0) is 15.4. The third-order valence-corrected chi connectivity index (χ3v) is 4.15. The van der Waals surface area contributed by atoms with E-state index in [1.807, 2.05) is 0 Å². The lowest BCUT2D eigenvalue weighted by Gasteiger charge is -2.34. The number of amides is 2. The van der Waals surface area contributed by atoms with Crippen LogP contribution in [-0.4, -0.2) is 61.5 Å². The molecule has 0 aliphatic carbocycles. The smallest absolute Gasteiger partial charge is 0.254 e. The molecule has 0 radical (unpaired) electrons. The molecule has 2 amide bonds. The first-order chi connectivity index (χ1) is 10.0. The number of rotatable bonds is 3. The summed E-state index contributed by atoms with van der Waals surface area (Å²) in [5, 5.41) is 0. The summed E-state index contributed by atoms with van der Waals surface area (Å²) in [5.41, 5.74) is 6.90. The van der Waals surface area contributed by atoms with Crippen LogP contribution in [0, 0.1) is 0 Å². The van der Waals surface area contributed by atoms with E-state index in [-0.39, 0.29) is 18.4 Å². The molecule has 0 spiro atoms. The van der Waals surface area contributed by atoms with E-state index in [1.165, 1.54) is 7.11 Å². The molecule has 1 aromatic carbocycles. The molecule has 1 heterocycles. The van der Waals surface area contributed by atoms with Gasteiger partial charge in [0.2, 0.25) is 5.91 Å². The van der Waals surface area contributed by atoms with Gasteiger partial charge in [-0.2, -0.15) is 0 Å². The van der Waals surface area contributed by atoms with E-state index in [0.29, 0.717) is 37.4 Å². The fourth-order valence-corrected chi connectivity index (χ4v) is 2.48. The Morgan fingerprint density at radius 3 is 2.43 bits per heavy atom. The quantitative estimate of drug-likeness (QED) is 0.819. The van der Waals surface area contributed by atoms with Gasteiger partial charge in [0.15, 0.2) is 0 Å². The number of hydrogen-bond donors (Lipinski definition) is 1. The maximum absolute atomic E-state index is 12.4. The summed E-state index contributed by atoms with van der Waals surface area (Å²) in [5.74, 6) is -0.106. The van der Waals surface area contributed by atoms with Crippen LogP contribution in [0.1, 0.15) is 10.4 Å². The molecule has 6 nitrogen and oxygen atoms in total. The summed E-state index contributed by atoms with van der Waals surface area (Å²) < 4.78 is 5.61. The van der Waals surface area contributed by atoms with Gasteiger partial charge >= 0.3 is 0 Å². The second-order valence-corrected chi connectivity index (χ2v) is 5.70. The Balaban J connectivity index is 1.97. The number of piperazine rings is 1. The molecule has 1 saturated heterocycles. The van der Waals surface area contributed by atoms with Crippen LogP contribution >= 0.6 is 15.9 Å². The number of carbonyl (C=O) groups excluding carboxylic acids is 2. The number of nitrogens with zero attached hydrogens (tertiary/aromatic N) is 2. The molecular weight excluding hydrogens is 338 g/mol. The van der Waals surface area contributed by atoms with Crippen molar-refractivity contribution in [3.63, 3.8) is 0 Å². The van der Waals surface area contributed by atoms with Crippen LogP contribution in [0.4, 0.5) is 5.69 Å². The predicted octanol–water partition coefficient (Wildman–Crippen LogP) is 0.962. The highest BCUT2D eigenvalue weighted by molar-refractivity contribution is 9.10. The number of methoxy groups -OCH3 is 1. The second-order valence-electron chi connectivity index (χ2n) is 4.84. The van der Waals surface area contributed by atoms with Crippen LogP contribution in [0.3, 0.4) is 0 Å². The van der Waals surface area contributed by atoms with E-state index in [0.717, 1.165) is 4.47 Å². The first kappa shape index (κ1) is 15.8. The second kappa shape index (κ2) is 6.91. The van der Waals surface area contributed by atoms with Gasteiger partial charge in [0.05, 0.1) is 0 Å². The van der Waals surface area contributed by atoms with Gasteiger partial charge in [0.25, 0.3) is 5.91 Å². The number of hydrogen-bond acceptors (Lipinski definition) is 4. The lowest BCUT2D eigenvalue weighted by Crippen LogP contribution is -2.51. The number of halogens is 1. The van der Waals surface area contributed by atoms with Crippen LogP contribution < -0.4 is 5.73 Å². The van der Waals surface area contributed by atoms with Gasteiger partial charge in [0.1, 0.15) is 6.61 Å². The van der Waals surface area contributed by atoms with Gasteiger partial charge in [-0.05, 0) is 34.1 Å². The van der Waals surface area contributed by atoms with Crippen molar-refractivity contribution in [1.82, 2.24) is 9.80 Å². The van der Waals surface area contributed by atoms with Crippen LogP contribution in [0.25, 0.3) is 0 Å². The van der Waals surface area contributed by atoms with Crippen molar-refractivity contribution >= 4 is 33.4 Å². The van der Waals surface area contributed by atoms with Gasteiger partial charge in [-0.25, -0.2) is 0 Å². The van der Waals surface area contributed by atoms with E-state index in [9.17, 15) is 9.59 Å². The number of nitrogen functional groups attached to an aromatic ring is 1. The van der Waals surface area contributed by atoms with Gasteiger partial charge in [-0.3, -0.25) is 9.59 Å². The largest absolute Gasteiger partial charge is 0.398 e. The fraction of sp³-hybridized carbons (Fsp3) is 0.429. The van der Waals surface area contributed by atoms with Crippen molar-refractivity contribution in [3.05, 3.63) is 28.2 Å². The maximum atomic E-state index is 12.4. The first-order valence-corrected chi connectivity index (χ1v) is 7.43. The molecule has 1 aromatic rings. The van der Waals surface area contributed by atoms with Crippen LogP contribution in [0.15, 0.2) is 22.7 Å². The Kier molecular flexibility index (Phi) is 5.19. The monoisotopic (exact) mass is 355 g/mol. The maximum Gasteiger partial charge on any atom is 0.254 e. The predicted molar refractivity (Wildman–Crippen MR) is 82.9 cm³/mol. The topological polar surface area (TPSA) is 75.9 Å². The van der Waals surface area contributed by atoms with Crippen LogP contribution in [-0.2, 0) is 9.53 Å². The zero-order valence-electron chi connectivity index (χ0n) is 11.8. The van der Waals surface area contributed by atoms with Crippen LogP contribution in [0.5, 0.6) is 0 Å². The molecule has 114 valence electrons. The molecule has 1 aliphatic heterocycles. The van der Waals surface area contributed by atoms with Crippen molar-refractivity contribution in [2.24, 2.45) is 0 Å². The average molecular weight is 356 g/mol. The Labute approximate surface area is 132 Å². The number of ether oxygens (including phenoxy) is 1. The SMILES string of the molecule is COCC(=O)N1CCN(C(=O)c2ccc(Br)c(N)c2)CC1. The minimum atomic E-state index is -0.0620. The summed E-state index contributed by atoms with van der Waals surface area (Å²) in [4.78, 5) is 27.5. The van der Waals surface area contributed by atoms with Gasteiger partial charge in [-0.15, -0.1) is 0 Å². The van der Waals surface area contributed by atoms with Crippen molar-refractivity contribution in [2.75, 3.05) is 45.6 Å². The fourth-order valence-electron chi connectivity index (χ4n) is 2.23. The molecule has 0 atom stereocenters. The molecule has 21 heavy (non-hydrogen) atoms. The van der Waals surface area contributed by atoms with Crippen molar-refractivity contribution in [3.8, 4) is 0 Å². The Morgan fingerprint density at radius 1 is 1.24 bits per heavy atom. The Hall–Kier alpha value is -1.60. The highest BCUT2D eigenvalue weighted by atomic mass is 79.9. The molecular formula is C14H18BrN3O3. The summed E-state index contributed by atoms with van der Waals surface area (Å²) in [7, 11) is 1.50. The molecule has 0 bridgehead atoms. The number of anilines is 1. The number of carbonyl (C=O) groups is 2. The van der Waals surface area contributed by atoms with E-state index < -0.39 is 0 Å². The third kappa shape index (κ3) is 3.74. The zero-order valence-corrected chi connectivity index (χ0v) is 13.4. The summed E-state index contributed by atoms with van der Waals surface area (Å²) in [6.45, 7) is 2.17. The number of nitrogens with two attached hydrogens (primary N) is 1.